The predicted molar refractivity (Wildman–Crippen MR) is 76.2 cm³/mol. The molecule has 0 aromatic heterocycles. The highest BCUT2D eigenvalue weighted by Gasteiger charge is 2.12. The molecular formula is C14H8Br2F2O. The summed E-state index contributed by atoms with van der Waals surface area (Å²) in [5.74, 6) is -1.59. The van der Waals surface area contributed by atoms with Crippen LogP contribution in [-0.2, 0) is 6.42 Å². The Bertz CT molecular complexity index is 621. The molecule has 2 aromatic carbocycles. The number of ketones is 1. The molecule has 2 rings (SSSR count). The highest BCUT2D eigenvalue weighted by molar-refractivity contribution is 9.11. The van der Waals surface area contributed by atoms with E-state index in [0.29, 0.717) is 5.56 Å². The molecule has 0 atom stereocenters. The second-order valence-electron chi connectivity index (χ2n) is 3.99. The van der Waals surface area contributed by atoms with Crippen molar-refractivity contribution in [3.63, 3.8) is 0 Å². The predicted octanol–water partition coefficient (Wildman–Crippen LogP) is 4.92. The summed E-state index contributed by atoms with van der Waals surface area (Å²) in [6.07, 6.45) is -0.102. The molecule has 5 heteroatoms. The van der Waals surface area contributed by atoms with E-state index in [-0.39, 0.29) is 17.8 Å². The summed E-state index contributed by atoms with van der Waals surface area (Å²) >= 11 is 6.57. The van der Waals surface area contributed by atoms with E-state index in [4.69, 9.17) is 0 Å². The van der Waals surface area contributed by atoms with Crippen LogP contribution in [0.15, 0.2) is 45.3 Å². The SMILES string of the molecule is O=C(Cc1ccc(F)cc1F)c1cc(Br)cc(Br)c1. The number of carbonyl (C=O) groups is 1. The molecule has 0 aliphatic carbocycles. The summed E-state index contributed by atoms with van der Waals surface area (Å²) in [6.45, 7) is 0. The van der Waals surface area contributed by atoms with Gasteiger partial charge in [-0.05, 0) is 29.8 Å². The summed E-state index contributed by atoms with van der Waals surface area (Å²) in [7, 11) is 0. The van der Waals surface area contributed by atoms with Crippen LogP contribution in [0.4, 0.5) is 8.78 Å². The van der Waals surface area contributed by atoms with Crippen molar-refractivity contribution in [3.8, 4) is 0 Å². The standard InChI is InChI=1S/C14H8Br2F2O/c15-10-3-9(4-11(16)6-10)14(19)5-8-1-2-12(17)7-13(8)18/h1-4,6-7H,5H2. The largest absolute Gasteiger partial charge is 0.294 e. The van der Waals surface area contributed by atoms with E-state index in [2.05, 4.69) is 31.9 Å². The topological polar surface area (TPSA) is 17.1 Å². The maximum absolute atomic E-state index is 13.5. The van der Waals surface area contributed by atoms with Gasteiger partial charge in [0.1, 0.15) is 11.6 Å². The van der Waals surface area contributed by atoms with Gasteiger partial charge in [0.15, 0.2) is 5.78 Å². The van der Waals surface area contributed by atoms with Crippen LogP contribution in [0, 0.1) is 11.6 Å². The molecule has 0 fully saturated rings. The molecule has 19 heavy (non-hydrogen) atoms. The lowest BCUT2D eigenvalue weighted by atomic mass is 10.0. The normalized spacial score (nSPS) is 10.5. The van der Waals surface area contributed by atoms with Crippen LogP contribution in [0.25, 0.3) is 0 Å². The first kappa shape index (κ1) is 14.3. The number of hydrogen-bond donors (Lipinski definition) is 0. The van der Waals surface area contributed by atoms with Gasteiger partial charge >= 0.3 is 0 Å². The number of hydrogen-bond acceptors (Lipinski definition) is 1. The van der Waals surface area contributed by atoms with Gasteiger partial charge < -0.3 is 0 Å². The Balaban J connectivity index is 2.25. The zero-order valence-electron chi connectivity index (χ0n) is 9.59. The quantitative estimate of drug-likeness (QED) is 0.681. The third-order valence-corrected chi connectivity index (χ3v) is 3.47. The van der Waals surface area contributed by atoms with Crippen molar-refractivity contribution < 1.29 is 13.6 Å². The Labute approximate surface area is 125 Å². The van der Waals surface area contributed by atoms with Gasteiger partial charge in [0, 0.05) is 27.0 Å². The molecule has 0 radical (unpaired) electrons. The molecule has 0 aliphatic rings. The molecule has 0 unspecified atom stereocenters. The maximum atomic E-state index is 13.5. The average molecular weight is 390 g/mol. The summed E-state index contributed by atoms with van der Waals surface area (Å²) < 4.78 is 27.8. The van der Waals surface area contributed by atoms with Crippen molar-refractivity contribution in [1.82, 2.24) is 0 Å². The molecule has 0 aliphatic heterocycles. The Hall–Kier alpha value is -1.07. The van der Waals surface area contributed by atoms with Crippen LogP contribution in [-0.4, -0.2) is 5.78 Å². The van der Waals surface area contributed by atoms with E-state index in [1.54, 1.807) is 18.2 Å². The third kappa shape index (κ3) is 3.70. The minimum absolute atomic E-state index is 0.102. The van der Waals surface area contributed by atoms with Crippen molar-refractivity contribution in [2.45, 2.75) is 6.42 Å². The average Bonchev–Trinajstić information content (AvgIpc) is 2.31. The van der Waals surface area contributed by atoms with E-state index in [0.717, 1.165) is 21.1 Å². The maximum Gasteiger partial charge on any atom is 0.167 e. The minimum Gasteiger partial charge on any atom is -0.294 e. The second-order valence-corrected chi connectivity index (χ2v) is 5.83. The number of benzene rings is 2. The molecule has 0 N–H and O–H groups in total. The zero-order chi connectivity index (χ0) is 14.0. The lowest BCUT2D eigenvalue weighted by Crippen LogP contribution is -2.05. The molecule has 0 heterocycles. The molecule has 98 valence electrons. The van der Waals surface area contributed by atoms with E-state index < -0.39 is 11.6 Å². The number of Topliss-reactive ketones (excluding diaryl/α,β-unsaturated/α-hetero) is 1. The Morgan fingerprint density at radius 1 is 1.00 bits per heavy atom. The molecule has 2 aromatic rings. The van der Waals surface area contributed by atoms with Crippen molar-refractivity contribution in [1.29, 1.82) is 0 Å². The van der Waals surface area contributed by atoms with Crippen LogP contribution >= 0.6 is 31.9 Å². The van der Waals surface area contributed by atoms with Gasteiger partial charge in [0.05, 0.1) is 0 Å². The third-order valence-electron chi connectivity index (χ3n) is 2.55. The minimum atomic E-state index is -0.706. The monoisotopic (exact) mass is 388 g/mol. The highest BCUT2D eigenvalue weighted by atomic mass is 79.9. The lowest BCUT2D eigenvalue weighted by Gasteiger charge is -2.05. The van der Waals surface area contributed by atoms with Gasteiger partial charge in [-0.3, -0.25) is 4.79 Å². The second kappa shape index (κ2) is 5.92. The molecular weight excluding hydrogens is 382 g/mol. The fourth-order valence-electron chi connectivity index (χ4n) is 1.65. The van der Waals surface area contributed by atoms with Crippen molar-refractivity contribution in [3.05, 3.63) is 68.1 Å². The van der Waals surface area contributed by atoms with Crippen molar-refractivity contribution in [2.24, 2.45) is 0 Å². The van der Waals surface area contributed by atoms with E-state index in [1.165, 1.54) is 6.07 Å². The van der Waals surface area contributed by atoms with Crippen LogP contribution in [0.5, 0.6) is 0 Å². The van der Waals surface area contributed by atoms with Gasteiger partial charge in [0.25, 0.3) is 0 Å². The smallest absolute Gasteiger partial charge is 0.167 e. The van der Waals surface area contributed by atoms with Gasteiger partial charge in [-0.1, -0.05) is 37.9 Å². The van der Waals surface area contributed by atoms with E-state index in [9.17, 15) is 13.6 Å². The first-order chi connectivity index (χ1) is 8.95. The lowest BCUT2D eigenvalue weighted by molar-refractivity contribution is 0.0991. The summed E-state index contributed by atoms with van der Waals surface area (Å²) in [4.78, 5) is 12.1. The summed E-state index contributed by atoms with van der Waals surface area (Å²) in [5, 5.41) is 0. The van der Waals surface area contributed by atoms with Crippen LogP contribution in [0.2, 0.25) is 0 Å². The fraction of sp³-hybridized carbons (Fsp3) is 0.0714. The summed E-state index contributed by atoms with van der Waals surface area (Å²) in [5.41, 5.74) is 0.646. The van der Waals surface area contributed by atoms with Crippen molar-refractivity contribution in [2.75, 3.05) is 0 Å². The molecule has 0 amide bonds. The van der Waals surface area contributed by atoms with Gasteiger partial charge in [0.2, 0.25) is 0 Å². The number of halogens is 4. The molecule has 0 spiro atoms. The van der Waals surface area contributed by atoms with Gasteiger partial charge in [-0.15, -0.1) is 0 Å². The molecule has 0 saturated carbocycles. The van der Waals surface area contributed by atoms with E-state index >= 15 is 0 Å². The summed E-state index contributed by atoms with van der Waals surface area (Å²) in [6, 6.07) is 8.33. The van der Waals surface area contributed by atoms with Crippen molar-refractivity contribution >= 4 is 37.6 Å². The Morgan fingerprint density at radius 3 is 2.21 bits per heavy atom. The highest BCUT2D eigenvalue weighted by Crippen LogP contribution is 2.21. The fourth-order valence-corrected chi connectivity index (χ4v) is 2.95. The van der Waals surface area contributed by atoms with Crippen LogP contribution in [0.1, 0.15) is 15.9 Å². The van der Waals surface area contributed by atoms with Crippen LogP contribution < -0.4 is 0 Å². The zero-order valence-corrected chi connectivity index (χ0v) is 12.8. The Kier molecular flexibility index (Phi) is 4.47. The Morgan fingerprint density at radius 2 is 1.63 bits per heavy atom. The number of carbonyl (C=O) groups excluding carboxylic acids is 1. The first-order valence-electron chi connectivity index (χ1n) is 5.39. The first-order valence-corrected chi connectivity index (χ1v) is 6.97. The van der Waals surface area contributed by atoms with Gasteiger partial charge in [-0.2, -0.15) is 0 Å². The van der Waals surface area contributed by atoms with Crippen LogP contribution in [0.3, 0.4) is 0 Å². The molecule has 0 saturated heterocycles. The van der Waals surface area contributed by atoms with Gasteiger partial charge in [-0.25, -0.2) is 8.78 Å². The molecule has 0 bridgehead atoms. The molecule has 1 nitrogen and oxygen atoms in total. The number of rotatable bonds is 3. The van der Waals surface area contributed by atoms with E-state index in [1.807, 2.05) is 0 Å².